The summed E-state index contributed by atoms with van der Waals surface area (Å²) in [5.74, 6) is -0.357. The van der Waals surface area contributed by atoms with E-state index in [-0.39, 0.29) is 18.0 Å². The highest BCUT2D eigenvalue weighted by Gasteiger charge is 2.12. The smallest absolute Gasteiger partial charge is 0.203 e. The molecule has 0 saturated heterocycles. The fourth-order valence-electron chi connectivity index (χ4n) is 1.47. The van der Waals surface area contributed by atoms with Crippen LogP contribution in [0.2, 0.25) is 0 Å². The minimum absolute atomic E-state index is 0.0459. The van der Waals surface area contributed by atoms with Gasteiger partial charge in [0.1, 0.15) is 11.6 Å². The number of benzene rings is 2. The van der Waals surface area contributed by atoms with Crippen LogP contribution in [0.5, 0.6) is 5.75 Å². The van der Waals surface area contributed by atoms with Gasteiger partial charge in [-0.25, -0.2) is 4.39 Å². The molecule has 2 nitrogen and oxygen atoms in total. The first-order valence-corrected chi connectivity index (χ1v) is 6.13. The normalized spacial score (nSPS) is 10.1. The highest BCUT2D eigenvalue weighted by Crippen LogP contribution is 2.23. The number of hydrogen-bond donors (Lipinski definition) is 0. The van der Waals surface area contributed by atoms with Crippen LogP contribution < -0.4 is 4.74 Å². The molecule has 0 heterocycles. The van der Waals surface area contributed by atoms with Crippen molar-refractivity contribution in [3.63, 3.8) is 0 Å². The van der Waals surface area contributed by atoms with Crippen molar-refractivity contribution < 1.29 is 13.9 Å². The summed E-state index contributed by atoms with van der Waals surface area (Å²) >= 11 is 3.31. The third kappa shape index (κ3) is 2.96. The van der Waals surface area contributed by atoms with E-state index < -0.39 is 5.82 Å². The van der Waals surface area contributed by atoms with Crippen LogP contribution in [0.4, 0.5) is 4.39 Å². The Morgan fingerprint density at radius 3 is 2.50 bits per heavy atom. The van der Waals surface area contributed by atoms with Crippen LogP contribution in [-0.4, -0.2) is 12.4 Å². The molecule has 0 aliphatic rings. The Morgan fingerprint density at radius 1 is 1.11 bits per heavy atom. The highest BCUT2D eigenvalue weighted by molar-refractivity contribution is 9.10. The van der Waals surface area contributed by atoms with Gasteiger partial charge in [-0.15, -0.1) is 0 Å². The number of para-hydroxylation sites is 1. The maximum atomic E-state index is 13.4. The Balaban J connectivity index is 2.06. The molecule has 0 aliphatic heterocycles. The average molecular weight is 309 g/mol. The molecule has 0 aromatic heterocycles. The van der Waals surface area contributed by atoms with Crippen molar-refractivity contribution in [1.29, 1.82) is 0 Å². The van der Waals surface area contributed by atoms with Gasteiger partial charge in [0.2, 0.25) is 5.78 Å². The zero-order valence-corrected chi connectivity index (χ0v) is 11.0. The molecule has 0 amide bonds. The Hall–Kier alpha value is -1.68. The zero-order valence-electron chi connectivity index (χ0n) is 9.40. The molecule has 0 spiro atoms. The lowest BCUT2D eigenvalue weighted by molar-refractivity contribution is 0.0917. The van der Waals surface area contributed by atoms with Crippen LogP contribution in [0, 0.1) is 5.82 Å². The summed E-state index contributed by atoms with van der Waals surface area (Å²) in [7, 11) is 0. The number of carbonyl (C=O) groups excluding carboxylic acids is 1. The van der Waals surface area contributed by atoms with Crippen molar-refractivity contribution >= 4 is 21.7 Å². The molecule has 2 aromatic carbocycles. The van der Waals surface area contributed by atoms with Crippen LogP contribution in [0.25, 0.3) is 0 Å². The van der Waals surface area contributed by atoms with Crippen LogP contribution in [0.15, 0.2) is 53.0 Å². The summed E-state index contributed by atoms with van der Waals surface area (Å²) in [5, 5.41) is 0. The summed E-state index contributed by atoms with van der Waals surface area (Å²) in [4.78, 5) is 11.8. The van der Waals surface area contributed by atoms with E-state index in [4.69, 9.17) is 4.74 Å². The molecule has 0 fully saturated rings. The summed E-state index contributed by atoms with van der Waals surface area (Å²) < 4.78 is 19.5. The Morgan fingerprint density at radius 2 is 1.78 bits per heavy atom. The first-order chi connectivity index (χ1) is 8.68. The summed E-state index contributed by atoms with van der Waals surface area (Å²) in [6.45, 7) is -0.191. The predicted octanol–water partition coefficient (Wildman–Crippen LogP) is 3.85. The fraction of sp³-hybridized carbons (Fsp3) is 0.0714. The number of carbonyl (C=O) groups is 1. The molecule has 0 aliphatic carbocycles. The molecular weight excluding hydrogens is 299 g/mol. The molecule has 0 unspecified atom stereocenters. The first-order valence-electron chi connectivity index (χ1n) is 5.33. The molecule has 0 saturated carbocycles. The summed E-state index contributed by atoms with van der Waals surface area (Å²) in [6.07, 6.45) is 0. The third-order valence-electron chi connectivity index (χ3n) is 2.37. The Bertz CT molecular complexity index is 569. The van der Waals surface area contributed by atoms with Crippen molar-refractivity contribution in [3.8, 4) is 5.75 Å². The Labute approximate surface area is 113 Å². The van der Waals surface area contributed by atoms with Gasteiger partial charge in [-0.3, -0.25) is 4.79 Å². The third-order valence-corrected chi connectivity index (χ3v) is 3.02. The van der Waals surface area contributed by atoms with Gasteiger partial charge in [-0.2, -0.15) is 0 Å². The second-order valence-corrected chi connectivity index (χ2v) is 4.48. The number of rotatable bonds is 4. The quantitative estimate of drug-likeness (QED) is 0.802. The lowest BCUT2D eigenvalue weighted by Gasteiger charge is -2.07. The van der Waals surface area contributed by atoms with Gasteiger partial charge in [-0.05, 0) is 40.2 Å². The standard InChI is InChI=1S/C14H10BrFO2/c15-11-6-2-4-8-14(11)18-9-13(17)10-5-1-3-7-12(10)16/h1-8H,9H2. The van der Waals surface area contributed by atoms with E-state index in [2.05, 4.69) is 15.9 Å². The molecule has 0 bridgehead atoms. The van der Waals surface area contributed by atoms with Gasteiger partial charge in [0.05, 0.1) is 10.0 Å². The van der Waals surface area contributed by atoms with E-state index in [1.165, 1.54) is 12.1 Å². The summed E-state index contributed by atoms with van der Waals surface area (Å²) in [6, 6.07) is 13.0. The van der Waals surface area contributed by atoms with E-state index in [0.29, 0.717) is 5.75 Å². The van der Waals surface area contributed by atoms with Gasteiger partial charge in [0.25, 0.3) is 0 Å². The highest BCUT2D eigenvalue weighted by atomic mass is 79.9. The van der Waals surface area contributed by atoms with Crippen LogP contribution >= 0.6 is 15.9 Å². The molecule has 2 rings (SSSR count). The predicted molar refractivity (Wildman–Crippen MR) is 70.4 cm³/mol. The van der Waals surface area contributed by atoms with E-state index in [1.54, 1.807) is 24.3 Å². The monoisotopic (exact) mass is 308 g/mol. The number of ether oxygens (including phenoxy) is 1. The van der Waals surface area contributed by atoms with E-state index in [1.807, 2.05) is 12.1 Å². The van der Waals surface area contributed by atoms with Crippen molar-refractivity contribution in [2.45, 2.75) is 0 Å². The van der Waals surface area contributed by atoms with Crippen molar-refractivity contribution in [3.05, 3.63) is 64.4 Å². The molecule has 18 heavy (non-hydrogen) atoms. The summed E-state index contributed by atoms with van der Waals surface area (Å²) in [5.41, 5.74) is 0.0459. The largest absolute Gasteiger partial charge is 0.484 e. The second kappa shape index (κ2) is 5.78. The van der Waals surface area contributed by atoms with Gasteiger partial charge >= 0.3 is 0 Å². The maximum Gasteiger partial charge on any atom is 0.203 e. The lowest BCUT2D eigenvalue weighted by atomic mass is 10.1. The molecule has 0 radical (unpaired) electrons. The van der Waals surface area contributed by atoms with Crippen LogP contribution in [-0.2, 0) is 0 Å². The Kier molecular flexibility index (Phi) is 4.10. The number of Topliss-reactive ketones (excluding diaryl/α,β-unsaturated/α-hetero) is 1. The second-order valence-electron chi connectivity index (χ2n) is 3.62. The van der Waals surface area contributed by atoms with Crippen molar-refractivity contribution in [2.75, 3.05) is 6.61 Å². The maximum absolute atomic E-state index is 13.4. The van der Waals surface area contributed by atoms with Gasteiger partial charge in [0.15, 0.2) is 6.61 Å². The molecule has 0 N–H and O–H groups in total. The van der Waals surface area contributed by atoms with Crippen LogP contribution in [0.1, 0.15) is 10.4 Å². The molecule has 92 valence electrons. The first kappa shape index (κ1) is 12.8. The van der Waals surface area contributed by atoms with Gasteiger partial charge in [-0.1, -0.05) is 24.3 Å². The number of ketones is 1. The van der Waals surface area contributed by atoms with Gasteiger partial charge < -0.3 is 4.74 Å². The topological polar surface area (TPSA) is 26.3 Å². The molecule has 2 aromatic rings. The van der Waals surface area contributed by atoms with Gasteiger partial charge in [0, 0.05) is 0 Å². The van der Waals surface area contributed by atoms with E-state index >= 15 is 0 Å². The van der Waals surface area contributed by atoms with E-state index in [9.17, 15) is 9.18 Å². The minimum Gasteiger partial charge on any atom is -0.484 e. The number of halogens is 2. The SMILES string of the molecule is O=C(COc1ccccc1Br)c1ccccc1F. The van der Waals surface area contributed by atoms with Crippen LogP contribution in [0.3, 0.4) is 0 Å². The molecular formula is C14H10BrFO2. The number of hydrogen-bond acceptors (Lipinski definition) is 2. The minimum atomic E-state index is -0.529. The molecule has 4 heteroatoms. The zero-order chi connectivity index (χ0) is 13.0. The average Bonchev–Trinajstić information content (AvgIpc) is 2.38. The fourth-order valence-corrected chi connectivity index (χ4v) is 1.87. The molecule has 0 atom stereocenters. The lowest BCUT2D eigenvalue weighted by Crippen LogP contribution is -2.13. The van der Waals surface area contributed by atoms with Crippen molar-refractivity contribution in [2.24, 2.45) is 0 Å². The van der Waals surface area contributed by atoms with Crippen molar-refractivity contribution in [1.82, 2.24) is 0 Å². The van der Waals surface area contributed by atoms with E-state index in [0.717, 1.165) is 4.47 Å².